The molecule has 0 amide bonds. The van der Waals surface area contributed by atoms with E-state index >= 15 is 0 Å². The van der Waals surface area contributed by atoms with Crippen LogP contribution < -0.4 is 4.57 Å². The van der Waals surface area contributed by atoms with E-state index in [-0.39, 0.29) is 0 Å². The molecule has 0 spiro atoms. The number of aromatic nitrogens is 1. The third-order valence-corrected chi connectivity index (χ3v) is 3.92. The smallest absolute Gasteiger partial charge is 0.188 e. The molecule has 0 saturated carbocycles. The van der Waals surface area contributed by atoms with E-state index < -0.39 is 0 Å². The predicted molar refractivity (Wildman–Crippen MR) is 75.0 cm³/mol. The minimum absolute atomic E-state index is 0.910. The molecule has 86 valence electrons. The fourth-order valence-electron chi connectivity index (χ4n) is 1.73. The van der Waals surface area contributed by atoms with Crippen molar-refractivity contribution in [1.82, 2.24) is 0 Å². The lowest BCUT2D eigenvalue weighted by atomic mass is 10.1. The van der Waals surface area contributed by atoms with Crippen molar-refractivity contribution in [2.24, 2.45) is 0 Å². The minimum Gasteiger partial charge on any atom is -0.188 e. The van der Waals surface area contributed by atoms with Crippen LogP contribution in [0.5, 0.6) is 0 Å². The summed E-state index contributed by atoms with van der Waals surface area (Å²) in [6.07, 6.45) is 3.78. The van der Waals surface area contributed by atoms with Gasteiger partial charge in [-0.3, -0.25) is 0 Å². The van der Waals surface area contributed by atoms with Gasteiger partial charge in [-0.2, -0.15) is 4.57 Å². The van der Waals surface area contributed by atoms with Crippen molar-refractivity contribution in [3.8, 4) is 0 Å². The molecule has 17 heavy (non-hydrogen) atoms. The average molecular weight is 242 g/mol. The van der Waals surface area contributed by atoms with E-state index in [0.29, 0.717) is 0 Å². The molecule has 0 fully saturated rings. The zero-order valence-corrected chi connectivity index (χ0v) is 10.8. The molecule has 1 aromatic carbocycles. The zero-order chi connectivity index (χ0) is 12.3. The highest BCUT2D eigenvalue weighted by Crippen LogP contribution is 2.13. The van der Waals surface area contributed by atoms with Crippen LogP contribution in [0, 0.1) is 6.92 Å². The number of thiazole rings is 1. The second-order valence-corrected chi connectivity index (χ2v) is 4.84. The second kappa shape index (κ2) is 5.11. The molecule has 0 aliphatic carbocycles. The van der Waals surface area contributed by atoms with Crippen LogP contribution in [0.1, 0.15) is 21.7 Å². The summed E-state index contributed by atoms with van der Waals surface area (Å²) < 4.78 is 2.25. The van der Waals surface area contributed by atoms with Crippen LogP contribution >= 0.6 is 11.3 Å². The Morgan fingerprint density at radius 3 is 2.41 bits per heavy atom. The lowest BCUT2D eigenvalue weighted by Crippen LogP contribution is -2.34. The van der Waals surface area contributed by atoms with Crippen molar-refractivity contribution >= 4 is 23.5 Å². The lowest BCUT2D eigenvalue weighted by molar-refractivity contribution is -0.689. The molecule has 1 heterocycles. The van der Waals surface area contributed by atoms with Gasteiger partial charge in [-0.15, -0.1) is 0 Å². The van der Waals surface area contributed by atoms with Crippen molar-refractivity contribution in [3.63, 3.8) is 0 Å². The van der Waals surface area contributed by atoms with E-state index in [9.17, 15) is 0 Å². The molecule has 0 aliphatic heterocycles. The van der Waals surface area contributed by atoms with Crippen LogP contribution in [0.3, 0.4) is 0 Å². The van der Waals surface area contributed by atoms with Gasteiger partial charge in [0.25, 0.3) is 0 Å². The van der Waals surface area contributed by atoms with Gasteiger partial charge in [0.1, 0.15) is 0 Å². The summed E-state index contributed by atoms with van der Waals surface area (Å²) in [7, 11) is 0. The van der Waals surface area contributed by atoms with E-state index in [1.807, 2.05) is 12.2 Å². The highest BCUT2D eigenvalue weighted by atomic mass is 32.1. The van der Waals surface area contributed by atoms with Gasteiger partial charge >= 0.3 is 0 Å². The third-order valence-electron chi connectivity index (χ3n) is 2.85. The highest BCUT2D eigenvalue weighted by Gasteiger charge is 2.12. The first-order valence-electron chi connectivity index (χ1n) is 5.56. The Kier molecular flexibility index (Phi) is 3.55. The van der Waals surface area contributed by atoms with Gasteiger partial charge in [0.2, 0.25) is 5.51 Å². The molecule has 0 atom stereocenters. The summed E-state index contributed by atoms with van der Waals surface area (Å²) in [6.45, 7) is 10.6. The fourth-order valence-corrected chi connectivity index (χ4v) is 2.59. The third kappa shape index (κ3) is 2.53. The van der Waals surface area contributed by atoms with Crippen molar-refractivity contribution in [3.05, 3.63) is 64.6 Å². The Balaban J connectivity index is 2.21. The Morgan fingerprint density at radius 1 is 1.18 bits per heavy atom. The first kappa shape index (κ1) is 11.8. The Hall–Kier alpha value is -1.67. The largest absolute Gasteiger partial charge is 0.225 e. The zero-order valence-electron chi connectivity index (χ0n) is 10.0. The maximum absolute atomic E-state index is 3.82. The normalized spacial score (nSPS) is 10.2. The van der Waals surface area contributed by atoms with Gasteiger partial charge in [-0.05, 0) is 11.6 Å². The topological polar surface area (TPSA) is 3.88 Å². The van der Waals surface area contributed by atoms with Crippen molar-refractivity contribution in [2.75, 3.05) is 0 Å². The van der Waals surface area contributed by atoms with E-state index in [2.05, 4.69) is 54.4 Å². The van der Waals surface area contributed by atoms with Gasteiger partial charge in [0.15, 0.2) is 12.2 Å². The number of nitrogens with zero attached hydrogens (tertiary/aromatic N) is 1. The maximum atomic E-state index is 3.82. The van der Waals surface area contributed by atoms with Gasteiger partial charge in [-0.1, -0.05) is 54.8 Å². The Bertz CT molecular complexity index is 535. The summed E-state index contributed by atoms with van der Waals surface area (Å²) in [4.78, 5) is 1.24. The summed E-state index contributed by atoms with van der Waals surface area (Å²) in [6, 6.07) is 8.49. The van der Waals surface area contributed by atoms with Crippen molar-refractivity contribution in [2.45, 2.75) is 13.5 Å². The van der Waals surface area contributed by atoms with E-state index in [0.717, 1.165) is 12.1 Å². The summed E-state index contributed by atoms with van der Waals surface area (Å²) >= 11 is 1.73. The first-order valence-corrected chi connectivity index (χ1v) is 6.44. The van der Waals surface area contributed by atoms with Crippen LogP contribution in [0.15, 0.2) is 42.9 Å². The molecular weight excluding hydrogens is 226 g/mol. The maximum Gasteiger partial charge on any atom is 0.225 e. The molecule has 0 radical (unpaired) electrons. The van der Waals surface area contributed by atoms with Gasteiger partial charge in [0.05, 0.1) is 4.88 Å². The summed E-state index contributed by atoms with van der Waals surface area (Å²) in [5, 5.41) is 0. The second-order valence-electron chi connectivity index (χ2n) is 3.95. The molecule has 0 N–H and O–H groups in total. The molecule has 0 bridgehead atoms. The molecule has 0 aliphatic rings. The van der Waals surface area contributed by atoms with Gasteiger partial charge in [0, 0.05) is 12.5 Å². The van der Waals surface area contributed by atoms with Crippen molar-refractivity contribution in [1.29, 1.82) is 0 Å². The fraction of sp³-hybridized carbons (Fsp3) is 0.133. The molecule has 2 heteroatoms. The Morgan fingerprint density at radius 2 is 1.88 bits per heavy atom. The molecule has 0 unspecified atom stereocenters. The predicted octanol–water partition coefficient (Wildman–Crippen LogP) is 3.68. The number of benzene rings is 1. The SMILES string of the molecule is C=Cc1ccc(C[n+]2csc(C=C)c2C)cc1. The van der Waals surface area contributed by atoms with E-state index in [4.69, 9.17) is 0 Å². The van der Waals surface area contributed by atoms with Crippen LogP contribution in [-0.2, 0) is 6.54 Å². The minimum atomic E-state index is 0.910. The lowest BCUT2D eigenvalue weighted by Gasteiger charge is -1.98. The van der Waals surface area contributed by atoms with Gasteiger partial charge < -0.3 is 0 Å². The standard InChI is InChI=1S/C15H16NS/c1-4-13-6-8-14(9-7-13)10-16-11-17-15(5-2)12(16)3/h4-9,11H,1-2,10H2,3H3/q+1. The molecule has 1 nitrogen and oxygen atoms in total. The molecule has 0 saturated heterocycles. The number of rotatable bonds is 4. The molecule has 2 rings (SSSR count). The molecule has 2 aromatic rings. The monoisotopic (exact) mass is 242 g/mol. The van der Waals surface area contributed by atoms with Crippen molar-refractivity contribution < 1.29 is 4.57 Å². The summed E-state index contributed by atoms with van der Waals surface area (Å²) in [5.74, 6) is 0. The average Bonchev–Trinajstić information content (AvgIpc) is 2.71. The summed E-state index contributed by atoms with van der Waals surface area (Å²) in [5.41, 5.74) is 5.88. The van der Waals surface area contributed by atoms with Crippen LogP contribution in [0.25, 0.3) is 12.2 Å². The van der Waals surface area contributed by atoms with E-state index in [1.54, 1.807) is 11.3 Å². The Labute approximate surface area is 106 Å². The molecule has 1 aromatic heterocycles. The quantitative estimate of drug-likeness (QED) is 0.720. The highest BCUT2D eigenvalue weighted by molar-refractivity contribution is 7.10. The van der Waals surface area contributed by atoms with Crippen LogP contribution in [0.4, 0.5) is 0 Å². The molecular formula is C15H16NS+. The number of hydrogen-bond acceptors (Lipinski definition) is 1. The van der Waals surface area contributed by atoms with E-state index in [1.165, 1.54) is 16.1 Å². The van der Waals surface area contributed by atoms with Crippen LogP contribution in [-0.4, -0.2) is 0 Å². The van der Waals surface area contributed by atoms with Gasteiger partial charge in [-0.25, -0.2) is 0 Å². The first-order chi connectivity index (χ1) is 8.24. The number of hydrogen-bond donors (Lipinski definition) is 0. The van der Waals surface area contributed by atoms with Crippen LogP contribution in [0.2, 0.25) is 0 Å².